The Kier molecular flexibility index (Phi) is 7.29. The Morgan fingerprint density at radius 1 is 1.21 bits per heavy atom. The topological polar surface area (TPSA) is 78.3 Å². The minimum absolute atomic E-state index is 0.0895. The van der Waals surface area contributed by atoms with E-state index < -0.39 is 0 Å². The number of hydrogen-bond acceptors (Lipinski definition) is 8. The lowest BCUT2D eigenvalue weighted by molar-refractivity contribution is 0.102. The first kappa shape index (κ1) is 21.4. The third kappa shape index (κ3) is 5.37. The Hall–Kier alpha value is -2.36. The number of anilines is 2. The molecule has 3 rings (SSSR count). The highest BCUT2D eigenvalue weighted by atomic mass is 32.2. The van der Waals surface area contributed by atoms with Gasteiger partial charge in [-0.15, -0.1) is 10.2 Å². The van der Waals surface area contributed by atoms with Gasteiger partial charge < -0.3 is 19.4 Å². The molecule has 0 amide bonds. The van der Waals surface area contributed by atoms with Gasteiger partial charge in [0.1, 0.15) is 5.75 Å². The molecule has 0 saturated heterocycles. The molecule has 1 N–H and O–H groups in total. The van der Waals surface area contributed by atoms with Crippen molar-refractivity contribution in [3.63, 3.8) is 0 Å². The van der Waals surface area contributed by atoms with Crippen LogP contribution in [-0.2, 0) is 11.3 Å². The summed E-state index contributed by atoms with van der Waals surface area (Å²) >= 11 is 2.83. The van der Waals surface area contributed by atoms with E-state index in [1.54, 1.807) is 14.2 Å². The lowest BCUT2D eigenvalue weighted by Crippen LogP contribution is -2.09. The zero-order valence-corrected chi connectivity index (χ0v) is 18.5. The van der Waals surface area contributed by atoms with Crippen molar-refractivity contribution in [3.8, 4) is 5.75 Å². The van der Waals surface area contributed by atoms with Gasteiger partial charge in [-0.3, -0.25) is 4.79 Å². The maximum absolute atomic E-state index is 12.7. The molecule has 29 heavy (non-hydrogen) atoms. The summed E-state index contributed by atoms with van der Waals surface area (Å²) in [6.45, 7) is 5.34. The lowest BCUT2D eigenvalue weighted by atomic mass is 10.2. The van der Waals surface area contributed by atoms with Crippen LogP contribution in [0.2, 0.25) is 0 Å². The van der Waals surface area contributed by atoms with Crippen molar-refractivity contribution < 1.29 is 14.3 Å². The highest BCUT2D eigenvalue weighted by Gasteiger charge is 2.17. The maximum Gasteiger partial charge on any atom is 0.210 e. The molecule has 154 valence electrons. The van der Waals surface area contributed by atoms with Gasteiger partial charge in [-0.2, -0.15) is 0 Å². The molecule has 0 saturated carbocycles. The number of ketones is 1. The number of nitrogens with one attached hydrogen (secondary N) is 1. The van der Waals surface area contributed by atoms with Crippen molar-refractivity contribution in [2.45, 2.75) is 24.7 Å². The van der Waals surface area contributed by atoms with Crippen LogP contribution >= 0.6 is 23.1 Å². The number of carbonyl (C=O) groups excluding carboxylic acids is 1. The smallest absolute Gasteiger partial charge is 0.210 e. The van der Waals surface area contributed by atoms with Crippen LogP contribution in [0.5, 0.6) is 5.75 Å². The minimum Gasteiger partial charge on any atom is -0.497 e. The Bertz CT molecular complexity index is 967. The van der Waals surface area contributed by atoms with Crippen LogP contribution in [0.3, 0.4) is 0 Å². The third-order valence-electron chi connectivity index (χ3n) is 4.47. The number of aryl methyl sites for hydroxylation is 1. The average molecular weight is 433 g/mol. The molecule has 3 aromatic rings. The van der Waals surface area contributed by atoms with Gasteiger partial charge in [0.15, 0.2) is 10.1 Å². The Morgan fingerprint density at radius 3 is 2.66 bits per heavy atom. The Morgan fingerprint density at radius 2 is 1.97 bits per heavy atom. The predicted molar refractivity (Wildman–Crippen MR) is 117 cm³/mol. The van der Waals surface area contributed by atoms with E-state index in [-0.39, 0.29) is 5.78 Å². The third-order valence-corrected chi connectivity index (χ3v) is 6.44. The van der Waals surface area contributed by atoms with Gasteiger partial charge in [-0.1, -0.05) is 23.1 Å². The second-order valence-electron chi connectivity index (χ2n) is 6.37. The van der Waals surface area contributed by atoms with Crippen LogP contribution < -0.4 is 10.1 Å². The van der Waals surface area contributed by atoms with Crippen LogP contribution in [0.1, 0.15) is 21.7 Å². The monoisotopic (exact) mass is 432 g/mol. The van der Waals surface area contributed by atoms with Crippen LogP contribution in [0.15, 0.2) is 34.7 Å². The van der Waals surface area contributed by atoms with Crippen molar-refractivity contribution in [2.75, 3.05) is 31.9 Å². The van der Waals surface area contributed by atoms with Crippen LogP contribution in [0.25, 0.3) is 0 Å². The molecule has 0 aliphatic rings. The highest BCUT2D eigenvalue weighted by molar-refractivity contribution is 8.01. The average Bonchev–Trinajstić information content (AvgIpc) is 3.29. The van der Waals surface area contributed by atoms with E-state index in [1.165, 1.54) is 23.1 Å². The maximum atomic E-state index is 12.7. The molecule has 0 unspecified atom stereocenters. The summed E-state index contributed by atoms with van der Waals surface area (Å²) in [5.74, 6) is 1.21. The molecule has 2 heterocycles. The number of Topliss-reactive ketones (excluding diaryl/α,β-unsaturated/α-hetero) is 1. The predicted octanol–water partition coefficient (Wildman–Crippen LogP) is 4.33. The molecule has 0 atom stereocenters. The molecule has 9 heteroatoms. The SMILES string of the molecule is COCCn1c(C)cc(C(=O)CSc2nnc(Nc3ccc(OC)cc3)s2)c1C. The summed E-state index contributed by atoms with van der Waals surface area (Å²) in [5, 5.41) is 12.2. The summed E-state index contributed by atoms with van der Waals surface area (Å²) in [5.41, 5.74) is 3.70. The van der Waals surface area contributed by atoms with Gasteiger partial charge in [0.2, 0.25) is 5.13 Å². The Balaban J connectivity index is 1.58. The molecule has 1 aromatic carbocycles. The first-order chi connectivity index (χ1) is 14.0. The van der Waals surface area contributed by atoms with Crippen molar-refractivity contribution in [2.24, 2.45) is 0 Å². The number of nitrogens with zero attached hydrogens (tertiary/aromatic N) is 3. The van der Waals surface area contributed by atoms with E-state index in [0.29, 0.717) is 17.5 Å². The van der Waals surface area contributed by atoms with Gasteiger partial charge in [0.05, 0.1) is 19.5 Å². The first-order valence-corrected chi connectivity index (χ1v) is 10.9. The quantitative estimate of drug-likeness (QED) is 0.377. The number of carbonyl (C=O) groups is 1. The zero-order valence-electron chi connectivity index (χ0n) is 16.9. The zero-order chi connectivity index (χ0) is 20.8. The number of ether oxygens (including phenoxy) is 2. The fourth-order valence-corrected chi connectivity index (χ4v) is 4.59. The molecule has 0 aliphatic carbocycles. The molecule has 7 nitrogen and oxygen atoms in total. The second kappa shape index (κ2) is 9.91. The van der Waals surface area contributed by atoms with Crippen LogP contribution in [-0.4, -0.2) is 47.1 Å². The fraction of sp³-hybridized carbons (Fsp3) is 0.350. The minimum atomic E-state index is 0.0895. The molecule has 0 radical (unpaired) electrons. The first-order valence-electron chi connectivity index (χ1n) is 9.08. The van der Waals surface area contributed by atoms with Gasteiger partial charge in [0, 0.05) is 36.3 Å². The van der Waals surface area contributed by atoms with Crippen molar-refractivity contribution in [3.05, 3.63) is 47.3 Å². The second-order valence-corrected chi connectivity index (χ2v) is 8.57. The summed E-state index contributed by atoms with van der Waals surface area (Å²) in [6, 6.07) is 9.53. The summed E-state index contributed by atoms with van der Waals surface area (Å²) in [4.78, 5) is 12.7. The van der Waals surface area contributed by atoms with E-state index in [2.05, 4.69) is 20.1 Å². The van der Waals surface area contributed by atoms with Crippen LogP contribution in [0.4, 0.5) is 10.8 Å². The largest absolute Gasteiger partial charge is 0.497 e. The summed E-state index contributed by atoms with van der Waals surface area (Å²) in [6.07, 6.45) is 0. The molecule has 0 bridgehead atoms. The molecular formula is C20H24N4O3S2. The fourth-order valence-electron chi connectivity index (χ4n) is 2.93. The van der Waals surface area contributed by atoms with Gasteiger partial charge in [0.25, 0.3) is 0 Å². The normalized spacial score (nSPS) is 10.9. The van der Waals surface area contributed by atoms with E-state index in [0.717, 1.165) is 39.3 Å². The molecule has 0 aliphatic heterocycles. The standard InChI is InChI=1S/C20H24N4O3S2/c1-13-11-17(14(2)24(13)9-10-26-3)18(25)12-28-20-23-22-19(29-20)21-15-5-7-16(27-4)8-6-15/h5-8,11H,9-10,12H2,1-4H3,(H,21,22). The summed E-state index contributed by atoms with van der Waals surface area (Å²) in [7, 11) is 3.31. The van der Waals surface area contributed by atoms with Crippen molar-refractivity contribution in [1.82, 2.24) is 14.8 Å². The van der Waals surface area contributed by atoms with Crippen molar-refractivity contribution in [1.29, 1.82) is 0 Å². The van der Waals surface area contributed by atoms with E-state index >= 15 is 0 Å². The number of methoxy groups -OCH3 is 2. The van der Waals surface area contributed by atoms with E-state index in [9.17, 15) is 4.79 Å². The number of rotatable bonds is 10. The summed E-state index contributed by atoms with van der Waals surface area (Å²) < 4.78 is 13.2. The van der Waals surface area contributed by atoms with E-state index in [1.807, 2.05) is 44.2 Å². The van der Waals surface area contributed by atoms with Gasteiger partial charge in [-0.25, -0.2) is 0 Å². The van der Waals surface area contributed by atoms with E-state index in [4.69, 9.17) is 9.47 Å². The number of hydrogen-bond donors (Lipinski definition) is 1. The molecular weight excluding hydrogens is 408 g/mol. The van der Waals surface area contributed by atoms with Crippen LogP contribution in [0, 0.1) is 13.8 Å². The van der Waals surface area contributed by atoms with Gasteiger partial charge in [-0.05, 0) is 44.2 Å². The molecule has 0 fully saturated rings. The number of thioether (sulfide) groups is 1. The van der Waals surface area contributed by atoms with Gasteiger partial charge >= 0.3 is 0 Å². The van der Waals surface area contributed by atoms with Crippen molar-refractivity contribution >= 4 is 39.7 Å². The number of aromatic nitrogens is 3. The lowest BCUT2D eigenvalue weighted by Gasteiger charge is -2.08. The number of benzene rings is 1. The Labute approximate surface area is 178 Å². The highest BCUT2D eigenvalue weighted by Crippen LogP contribution is 2.29. The molecule has 0 spiro atoms. The molecule has 2 aromatic heterocycles.